The number of carbonyl (C=O) groups is 2. The zero-order valence-corrected chi connectivity index (χ0v) is 22.5. The third-order valence-electron chi connectivity index (χ3n) is 5.85. The van der Waals surface area contributed by atoms with Gasteiger partial charge in [0.15, 0.2) is 6.10 Å². The van der Waals surface area contributed by atoms with Gasteiger partial charge in [-0.2, -0.15) is 13.2 Å². The Bertz CT molecular complexity index is 1240. The highest BCUT2D eigenvalue weighted by molar-refractivity contribution is 5.72. The SMILES string of the molecule is CCOC(Cc1ccc(OCCN(CCCOc2ccccc2)C(=O)Oc2ccccc2C(F)(F)F)cc1)C(=O)O. The highest BCUT2D eigenvalue weighted by atomic mass is 19.4. The van der Waals surface area contributed by atoms with Gasteiger partial charge in [0.25, 0.3) is 0 Å². The van der Waals surface area contributed by atoms with Crippen LogP contribution in [0.2, 0.25) is 0 Å². The Hall–Kier alpha value is -4.25. The maximum absolute atomic E-state index is 13.4. The summed E-state index contributed by atoms with van der Waals surface area (Å²) in [7, 11) is 0. The van der Waals surface area contributed by atoms with Gasteiger partial charge in [-0.15, -0.1) is 0 Å². The highest BCUT2D eigenvalue weighted by Gasteiger charge is 2.35. The first-order valence-electron chi connectivity index (χ1n) is 13.0. The fourth-order valence-electron chi connectivity index (χ4n) is 3.83. The molecule has 0 aliphatic heterocycles. The molecule has 0 radical (unpaired) electrons. The van der Waals surface area contributed by atoms with Crippen molar-refractivity contribution in [3.05, 3.63) is 90.0 Å². The van der Waals surface area contributed by atoms with E-state index in [1.165, 1.54) is 17.0 Å². The zero-order chi connectivity index (χ0) is 29.7. The van der Waals surface area contributed by atoms with E-state index in [9.17, 15) is 27.9 Å². The lowest BCUT2D eigenvalue weighted by Crippen LogP contribution is -2.38. The summed E-state index contributed by atoms with van der Waals surface area (Å²) in [6.45, 7) is 2.48. The molecule has 0 saturated carbocycles. The number of benzene rings is 3. The van der Waals surface area contributed by atoms with E-state index >= 15 is 0 Å². The summed E-state index contributed by atoms with van der Waals surface area (Å²) in [5.74, 6) is -0.506. The van der Waals surface area contributed by atoms with Crippen LogP contribution in [0, 0.1) is 0 Å². The molecule has 0 fully saturated rings. The summed E-state index contributed by atoms with van der Waals surface area (Å²) >= 11 is 0. The molecule has 1 amide bonds. The first-order valence-corrected chi connectivity index (χ1v) is 13.0. The van der Waals surface area contributed by atoms with Crippen molar-refractivity contribution in [2.24, 2.45) is 0 Å². The Balaban J connectivity index is 1.60. The van der Waals surface area contributed by atoms with Crippen LogP contribution in [0.3, 0.4) is 0 Å². The van der Waals surface area contributed by atoms with Gasteiger partial charge in [0.05, 0.1) is 18.7 Å². The second-order valence-corrected chi connectivity index (χ2v) is 8.84. The Morgan fingerprint density at radius 1 is 0.854 bits per heavy atom. The van der Waals surface area contributed by atoms with Crippen LogP contribution in [0.5, 0.6) is 17.2 Å². The lowest BCUT2D eigenvalue weighted by molar-refractivity contribution is -0.150. The molecule has 3 aromatic carbocycles. The maximum atomic E-state index is 13.4. The molecule has 41 heavy (non-hydrogen) atoms. The fourth-order valence-corrected chi connectivity index (χ4v) is 3.83. The number of para-hydroxylation sites is 2. The first kappa shape index (κ1) is 31.3. The van der Waals surface area contributed by atoms with Crippen LogP contribution >= 0.6 is 0 Å². The van der Waals surface area contributed by atoms with Crippen LogP contribution in [0.1, 0.15) is 24.5 Å². The molecule has 0 aliphatic rings. The predicted octanol–water partition coefficient (Wildman–Crippen LogP) is 6.09. The molecule has 1 unspecified atom stereocenters. The van der Waals surface area contributed by atoms with E-state index in [1.54, 1.807) is 43.3 Å². The van der Waals surface area contributed by atoms with Gasteiger partial charge in [0, 0.05) is 19.6 Å². The Labute approximate surface area is 236 Å². The van der Waals surface area contributed by atoms with Gasteiger partial charge < -0.3 is 29.0 Å². The summed E-state index contributed by atoms with van der Waals surface area (Å²) in [4.78, 5) is 25.5. The molecule has 8 nitrogen and oxygen atoms in total. The summed E-state index contributed by atoms with van der Waals surface area (Å²) < 4.78 is 62.0. The number of nitrogens with zero attached hydrogens (tertiary/aromatic N) is 1. The maximum Gasteiger partial charge on any atom is 0.419 e. The van der Waals surface area contributed by atoms with E-state index < -0.39 is 35.7 Å². The van der Waals surface area contributed by atoms with Crippen molar-refractivity contribution < 1.29 is 46.8 Å². The van der Waals surface area contributed by atoms with Gasteiger partial charge in [-0.3, -0.25) is 0 Å². The summed E-state index contributed by atoms with van der Waals surface area (Å²) in [6.07, 6.45) is -6.01. The van der Waals surface area contributed by atoms with Crippen LogP contribution in [0.4, 0.5) is 18.0 Å². The minimum atomic E-state index is -4.69. The quantitative estimate of drug-likeness (QED) is 0.219. The number of halogens is 3. The third kappa shape index (κ3) is 10.3. The lowest BCUT2D eigenvalue weighted by Gasteiger charge is -2.23. The molecule has 0 aliphatic carbocycles. The van der Waals surface area contributed by atoms with E-state index in [-0.39, 0.29) is 39.3 Å². The lowest BCUT2D eigenvalue weighted by atomic mass is 10.1. The van der Waals surface area contributed by atoms with Gasteiger partial charge in [-0.1, -0.05) is 42.5 Å². The monoisotopic (exact) mass is 575 g/mol. The molecule has 1 atom stereocenters. The molecule has 0 saturated heterocycles. The normalized spacial score (nSPS) is 11.9. The number of aliphatic carboxylic acids is 1. The molecule has 3 rings (SSSR count). The van der Waals surface area contributed by atoms with Crippen LogP contribution in [0.15, 0.2) is 78.9 Å². The molecular formula is C30H32F3NO7. The second-order valence-electron chi connectivity index (χ2n) is 8.84. The molecule has 0 spiro atoms. The average Bonchev–Trinajstić information content (AvgIpc) is 2.95. The van der Waals surface area contributed by atoms with Crippen molar-refractivity contribution in [3.63, 3.8) is 0 Å². The second kappa shape index (κ2) is 15.5. The number of carboxylic acids is 1. The average molecular weight is 576 g/mol. The van der Waals surface area contributed by atoms with E-state index in [0.717, 1.165) is 17.7 Å². The number of rotatable bonds is 15. The van der Waals surface area contributed by atoms with Gasteiger partial charge in [0.1, 0.15) is 23.9 Å². The summed E-state index contributed by atoms with van der Waals surface area (Å²) in [5.41, 5.74) is -0.309. The Morgan fingerprint density at radius 2 is 1.49 bits per heavy atom. The topological polar surface area (TPSA) is 94.5 Å². The Kier molecular flexibility index (Phi) is 11.8. The molecule has 220 valence electrons. The minimum Gasteiger partial charge on any atom is -0.494 e. The highest BCUT2D eigenvalue weighted by Crippen LogP contribution is 2.36. The largest absolute Gasteiger partial charge is 0.494 e. The van der Waals surface area contributed by atoms with E-state index in [1.807, 2.05) is 18.2 Å². The summed E-state index contributed by atoms with van der Waals surface area (Å²) in [6, 6.07) is 20.3. The van der Waals surface area contributed by atoms with E-state index in [0.29, 0.717) is 17.9 Å². The molecule has 0 aromatic heterocycles. The standard InChI is InChI=1S/C30H32F3NO7/c1-2-38-27(28(35)36)21-22-13-15-24(16-14-22)40-20-18-34(17-8-19-39-23-9-4-3-5-10-23)29(37)41-26-12-7-6-11-25(26)30(31,32)33/h3-7,9-16,27H,2,8,17-21H2,1H3,(H,35,36). The van der Waals surface area contributed by atoms with Gasteiger partial charge in [-0.05, 0) is 55.3 Å². The van der Waals surface area contributed by atoms with Crippen LogP contribution in [-0.4, -0.2) is 61.1 Å². The minimum absolute atomic E-state index is 0.0333. The predicted molar refractivity (Wildman–Crippen MR) is 144 cm³/mol. The molecular weight excluding hydrogens is 543 g/mol. The van der Waals surface area contributed by atoms with E-state index in [4.69, 9.17) is 18.9 Å². The number of carboxylic acid groups (broad SMARTS) is 1. The van der Waals surface area contributed by atoms with Crippen molar-refractivity contribution in [1.29, 1.82) is 0 Å². The van der Waals surface area contributed by atoms with Gasteiger partial charge in [-0.25, -0.2) is 9.59 Å². The van der Waals surface area contributed by atoms with Crippen molar-refractivity contribution in [2.75, 3.05) is 32.9 Å². The number of amides is 1. The number of carbonyl (C=O) groups excluding carboxylic acids is 1. The van der Waals surface area contributed by atoms with Crippen LogP contribution in [0.25, 0.3) is 0 Å². The van der Waals surface area contributed by atoms with Crippen molar-refractivity contribution >= 4 is 12.1 Å². The molecule has 0 bridgehead atoms. The number of hydrogen-bond donors (Lipinski definition) is 1. The van der Waals surface area contributed by atoms with E-state index in [2.05, 4.69) is 0 Å². The molecule has 11 heteroatoms. The van der Waals surface area contributed by atoms with Crippen LogP contribution in [-0.2, 0) is 22.1 Å². The van der Waals surface area contributed by atoms with Crippen molar-refractivity contribution in [1.82, 2.24) is 4.90 Å². The van der Waals surface area contributed by atoms with Crippen LogP contribution < -0.4 is 14.2 Å². The zero-order valence-electron chi connectivity index (χ0n) is 22.5. The third-order valence-corrected chi connectivity index (χ3v) is 5.85. The number of ether oxygens (including phenoxy) is 4. The fraction of sp³-hybridized carbons (Fsp3) is 0.333. The number of hydrogen-bond acceptors (Lipinski definition) is 6. The van der Waals surface area contributed by atoms with Gasteiger partial charge in [0.2, 0.25) is 0 Å². The first-order chi connectivity index (χ1) is 19.7. The molecule has 0 heterocycles. The van der Waals surface area contributed by atoms with Gasteiger partial charge >= 0.3 is 18.2 Å². The van der Waals surface area contributed by atoms with Crippen molar-refractivity contribution in [3.8, 4) is 17.2 Å². The Morgan fingerprint density at radius 3 is 2.15 bits per heavy atom. The van der Waals surface area contributed by atoms with Crippen molar-refractivity contribution in [2.45, 2.75) is 32.0 Å². The number of alkyl halides is 3. The smallest absolute Gasteiger partial charge is 0.419 e. The molecule has 3 aromatic rings. The summed E-state index contributed by atoms with van der Waals surface area (Å²) in [5, 5.41) is 9.26. The molecule has 1 N–H and O–H groups in total.